The van der Waals surface area contributed by atoms with Crippen molar-refractivity contribution in [3.63, 3.8) is 0 Å². The Balaban J connectivity index is 2.16. The average Bonchev–Trinajstić information content (AvgIpc) is 2.73. The van der Waals surface area contributed by atoms with Crippen molar-refractivity contribution in [2.24, 2.45) is 0 Å². The van der Waals surface area contributed by atoms with E-state index in [1.807, 2.05) is 0 Å². The molecule has 0 fully saturated rings. The number of carbonyl (C=O) groups excluding carboxylic acids is 1. The van der Waals surface area contributed by atoms with E-state index >= 15 is 0 Å². The third-order valence-electron chi connectivity index (χ3n) is 2.85. The first-order chi connectivity index (χ1) is 9.90. The molecule has 0 spiro atoms. The molecule has 0 aliphatic heterocycles. The third kappa shape index (κ3) is 3.08. The van der Waals surface area contributed by atoms with E-state index < -0.39 is 36.3 Å². The van der Waals surface area contributed by atoms with Gasteiger partial charge in [0.2, 0.25) is 5.91 Å². The zero-order valence-corrected chi connectivity index (χ0v) is 11.1. The molecule has 0 saturated heterocycles. The highest BCUT2D eigenvalue weighted by atomic mass is 16.4. The molecule has 21 heavy (non-hydrogen) atoms. The van der Waals surface area contributed by atoms with Gasteiger partial charge in [0.25, 0.3) is 0 Å². The summed E-state index contributed by atoms with van der Waals surface area (Å²) in [5, 5.41) is 24.2. The number of carboxylic acid groups (broad SMARTS) is 1. The van der Waals surface area contributed by atoms with E-state index in [1.165, 1.54) is 17.5 Å². The lowest BCUT2D eigenvalue weighted by Gasteiger charge is -2.16. The summed E-state index contributed by atoms with van der Waals surface area (Å²) in [7, 11) is 0. The minimum atomic E-state index is -1.44. The van der Waals surface area contributed by atoms with E-state index in [9.17, 15) is 19.5 Å². The number of aliphatic hydroxyl groups excluding tert-OH is 1. The number of aliphatic carboxylic acids is 1. The minimum Gasteiger partial charge on any atom is -0.480 e. The summed E-state index contributed by atoms with van der Waals surface area (Å²) < 4.78 is 2.18. The van der Waals surface area contributed by atoms with Crippen molar-refractivity contribution in [1.29, 1.82) is 0 Å². The lowest BCUT2D eigenvalue weighted by molar-refractivity contribution is -0.144. The molecule has 0 bridgehead atoms. The van der Waals surface area contributed by atoms with Crippen molar-refractivity contribution in [2.75, 3.05) is 0 Å². The molecule has 2 unspecified atom stereocenters. The SMILES string of the molecule is CC(O)C(NC(=O)Cn1nc2ccccn2c1=O)C(=O)O. The Morgan fingerprint density at radius 3 is 2.71 bits per heavy atom. The molecule has 0 aliphatic rings. The lowest BCUT2D eigenvalue weighted by atomic mass is 10.2. The first-order valence-corrected chi connectivity index (χ1v) is 6.14. The van der Waals surface area contributed by atoms with Gasteiger partial charge in [0, 0.05) is 6.20 Å². The maximum absolute atomic E-state index is 11.9. The Bertz CT molecular complexity index is 733. The Labute approximate surface area is 118 Å². The number of aromatic nitrogens is 3. The predicted octanol–water partition coefficient (Wildman–Crippen LogP) is -1.55. The standard InChI is InChI=1S/C12H14N4O5/c1-7(17)10(11(19)20)13-9(18)6-16-12(21)15-5-3-2-4-8(15)14-16/h2-5,7,10,17H,6H2,1H3,(H,13,18)(H,19,20). The van der Waals surface area contributed by atoms with Crippen LogP contribution in [0.5, 0.6) is 0 Å². The molecular formula is C12H14N4O5. The Morgan fingerprint density at radius 2 is 2.14 bits per heavy atom. The molecule has 2 rings (SSSR count). The van der Waals surface area contributed by atoms with Gasteiger partial charge in [0.05, 0.1) is 6.10 Å². The van der Waals surface area contributed by atoms with Gasteiger partial charge in [-0.2, -0.15) is 0 Å². The molecule has 9 nitrogen and oxygen atoms in total. The van der Waals surface area contributed by atoms with E-state index in [1.54, 1.807) is 18.2 Å². The summed E-state index contributed by atoms with van der Waals surface area (Å²) in [6.07, 6.45) is 0.249. The third-order valence-corrected chi connectivity index (χ3v) is 2.85. The molecule has 2 heterocycles. The summed E-state index contributed by atoms with van der Waals surface area (Å²) in [4.78, 5) is 34.6. The molecule has 2 aromatic rings. The topological polar surface area (TPSA) is 126 Å². The number of carbonyl (C=O) groups is 2. The molecule has 112 valence electrons. The zero-order valence-electron chi connectivity index (χ0n) is 11.1. The summed E-state index contributed by atoms with van der Waals surface area (Å²) in [5.74, 6) is -2.09. The van der Waals surface area contributed by atoms with Crippen LogP contribution in [-0.4, -0.2) is 48.4 Å². The molecule has 2 atom stereocenters. The molecule has 0 aliphatic carbocycles. The van der Waals surface area contributed by atoms with Crippen LogP contribution in [0.2, 0.25) is 0 Å². The van der Waals surface area contributed by atoms with Crippen LogP contribution < -0.4 is 11.0 Å². The fourth-order valence-corrected chi connectivity index (χ4v) is 1.81. The number of fused-ring (bicyclic) bond motifs is 1. The van der Waals surface area contributed by atoms with E-state index in [2.05, 4.69) is 10.4 Å². The second kappa shape index (κ2) is 5.75. The van der Waals surface area contributed by atoms with Crippen LogP contribution in [0, 0.1) is 0 Å². The summed E-state index contributed by atoms with van der Waals surface area (Å²) in [6, 6.07) is 3.50. The number of amides is 1. The molecule has 0 aromatic carbocycles. The number of hydrogen-bond acceptors (Lipinski definition) is 5. The van der Waals surface area contributed by atoms with E-state index in [-0.39, 0.29) is 0 Å². The van der Waals surface area contributed by atoms with E-state index in [4.69, 9.17) is 5.11 Å². The van der Waals surface area contributed by atoms with Gasteiger partial charge in [-0.3, -0.25) is 9.20 Å². The normalized spacial score (nSPS) is 13.8. The van der Waals surface area contributed by atoms with Gasteiger partial charge in [0.15, 0.2) is 11.7 Å². The Hall–Kier alpha value is -2.68. The molecular weight excluding hydrogens is 280 g/mol. The van der Waals surface area contributed by atoms with E-state index in [0.717, 1.165) is 4.68 Å². The van der Waals surface area contributed by atoms with Crippen LogP contribution in [0.1, 0.15) is 6.92 Å². The largest absolute Gasteiger partial charge is 0.480 e. The smallest absolute Gasteiger partial charge is 0.350 e. The second-order valence-electron chi connectivity index (χ2n) is 4.49. The van der Waals surface area contributed by atoms with Crippen molar-refractivity contribution in [3.05, 3.63) is 34.9 Å². The van der Waals surface area contributed by atoms with Gasteiger partial charge in [0.1, 0.15) is 6.54 Å². The molecule has 2 aromatic heterocycles. The van der Waals surface area contributed by atoms with Crippen LogP contribution in [0.4, 0.5) is 0 Å². The summed E-state index contributed by atoms with van der Waals surface area (Å²) in [5.41, 5.74) is -0.134. The quantitative estimate of drug-likeness (QED) is 0.612. The maximum Gasteiger partial charge on any atom is 0.350 e. The zero-order chi connectivity index (χ0) is 15.6. The van der Waals surface area contributed by atoms with Crippen LogP contribution in [0.15, 0.2) is 29.2 Å². The van der Waals surface area contributed by atoms with Crippen molar-refractivity contribution >= 4 is 17.5 Å². The highest BCUT2D eigenvalue weighted by molar-refractivity contribution is 5.83. The van der Waals surface area contributed by atoms with Gasteiger partial charge in [-0.15, -0.1) is 5.10 Å². The maximum atomic E-state index is 11.9. The Morgan fingerprint density at radius 1 is 1.43 bits per heavy atom. The van der Waals surface area contributed by atoms with Crippen LogP contribution in [0.25, 0.3) is 5.65 Å². The van der Waals surface area contributed by atoms with Crippen LogP contribution in [-0.2, 0) is 16.1 Å². The summed E-state index contributed by atoms with van der Waals surface area (Å²) >= 11 is 0. The van der Waals surface area contributed by atoms with E-state index in [0.29, 0.717) is 5.65 Å². The highest BCUT2D eigenvalue weighted by Crippen LogP contribution is 1.96. The van der Waals surface area contributed by atoms with Crippen molar-refractivity contribution in [1.82, 2.24) is 19.5 Å². The van der Waals surface area contributed by atoms with Gasteiger partial charge >= 0.3 is 11.7 Å². The molecule has 1 amide bonds. The monoisotopic (exact) mass is 294 g/mol. The minimum absolute atomic E-state index is 0.376. The van der Waals surface area contributed by atoms with Gasteiger partial charge in [-0.25, -0.2) is 14.3 Å². The van der Waals surface area contributed by atoms with Gasteiger partial charge in [-0.05, 0) is 19.1 Å². The molecule has 3 N–H and O–H groups in total. The second-order valence-corrected chi connectivity index (χ2v) is 4.49. The number of aliphatic hydroxyl groups is 1. The van der Waals surface area contributed by atoms with Gasteiger partial charge in [-0.1, -0.05) is 6.07 Å². The molecule has 0 saturated carbocycles. The number of pyridine rings is 1. The summed E-state index contributed by atoms with van der Waals surface area (Å²) in [6.45, 7) is 0.813. The first kappa shape index (κ1) is 14.7. The van der Waals surface area contributed by atoms with Crippen LogP contribution >= 0.6 is 0 Å². The van der Waals surface area contributed by atoms with Crippen molar-refractivity contribution < 1.29 is 19.8 Å². The first-order valence-electron chi connectivity index (χ1n) is 6.14. The van der Waals surface area contributed by atoms with Crippen LogP contribution in [0.3, 0.4) is 0 Å². The number of hydrogen-bond donors (Lipinski definition) is 3. The predicted molar refractivity (Wildman–Crippen MR) is 70.7 cm³/mol. The lowest BCUT2D eigenvalue weighted by Crippen LogP contribution is -2.49. The number of nitrogens with one attached hydrogen (secondary N) is 1. The number of carboxylic acids is 1. The fraction of sp³-hybridized carbons (Fsp3) is 0.333. The number of nitrogens with zero attached hydrogens (tertiary/aromatic N) is 3. The molecule has 9 heteroatoms. The highest BCUT2D eigenvalue weighted by Gasteiger charge is 2.25. The van der Waals surface area contributed by atoms with Crippen molar-refractivity contribution in [2.45, 2.75) is 25.6 Å². The molecule has 0 radical (unpaired) electrons. The van der Waals surface area contributed by atoms with Crippen molar-refractivity contribution in [3.8, 4) is 0 Å². The average molecular weight is 294 g/mol. The number of rotatable bonds is 5. The fourth-order valence-electron chi connectivity index (χ4n) is 1.81. The Kier molecular flexibility index (Phi) is 4.03. The van der Waals surface area contributed by atoms with Gasteiger partial charge < -0.3 is 15.5 Å².